The summed E-state index contributed by atoms with van der Waals surface area (Å²) in [7, 11) is 0. The smallest absolute Gasteiger partial charge is 0.0998 e. The topological polar surface area (TPSA) is 41.6 Å². The van der Waals surface area contributed by atoms with Gasteiger partial charge < -0.3 is 0 Å². The van der Waals surface area contributed by atoms with Gasteiger partial charge in [-0.2, -0.15) is 10.4 Å². The van der Waals surface area contributed by atoms with Gasteiger partial charge in [-0.05, 0) is 28.1 Å². The molecule has 0 aliphatic rings. The molecule has 0 N–H and O–H groups in total. The maximum absolute atomic E-state index is 9.12. The van der Waals surface area contributed by atoms with Crippen molar-refractivity contribution in [2.24, 2.45) is 0 Å². The van der Waals surface area contributed by atoms with E-state index in [1.807, 2.05) is 42.6 Å². The van der Waals surface area contributed by atoms with Crippen LogP contribution in [0.25, 0.3) is 16.5 Å². The lowest BCUT2D eigenvalue weighted by Gasteiger charge is -2.07. The summed E-state index contributed by atoms with van der Waals surface area (Å²) in [4.78, 5) is 0. The Morgan fingerprint density at radius 2 is 1.89 bits per heavy atom. The van der Waals surface area contributed by atoms with E-state index in [0.29, 0.717) is 5.56 Å². The molecule has 0 aliphatic carbocycles. The minimum atomic E-state index is 0.681. The summed E-state index contributed by atoms with van der Waals surface area (Å²) >= 11 is 3.39. The zero-order valence-electron chi connectivity index (χ0n) is 9.34. The first-order chi connectivity index (χ1) is 8.79. The van der Waals surface area contributed by atoms with Crippen LogP contribution < -0.4 is 0 Å². The molecule has 3 aromatic rings. The molecule has 3 nitrogen and oxygen atoms in total. The highest BCUT2D eigenvalue weighted by Gasteiger charge is 2.07. The molecule has 0 amide bonds. The lowest BCUT2D eigenvalue weighted by atomic mass is 10.0. The molecule has 1 heterocycles. The molecule has 0 radical (unpaired) electrons. The van der Waals surface area contributed by atoms with Gasteiger partial charge >= 0.3 is 0 Å². The number of fused-ring (bicyclic) bond motifs is 1. The molecule has 0 bridgehead atoms. The molecule has 0 spiro atoms. The second-order valence-corrected chi connectivity index (χ2v) is 4.81. The van der Waals surface area contributed by atoms with Gasteiger partial charge in [0.05, 0.1) is 28.0 Å². The number of benzene rings is 2. The maximum Gasteiger partial charge on any atom is 0.0998 e. The first kappa shape index (κ1) is 11.0. The summed E-state index contributed by atoms with van der Waals surface area (Å²) < 4.78 is 2.73. The van der Waals surface area contributed by atoms with Gasteiger partial charge in [0.1, 0.15) is 0 Å². The summed E-state index contributed by atoms with van der Waals surface area (Å²) in [5, 5.41) is 15.4. The Balaban J connectivity index is 2.35. The summed E-state index contributed by atoms with van der Waals surface area (Å²) in [6.07, 6.45) is 3.64. The molecule has 86 valence electrons. The molecular weight excluding hydrogens is 290 g/mol. The third-order valence-electron chi connectivity index (χ3n) is 2.82. The van der Waals surface area contributed by atoms with Crippen molar-refractivity contribution in [2.45, 2.75) is 0 Å². The highest BCUT2D eigenvalue weighted by molar-refractivity contribution is 9.10. The minimum absolute atomic E-state index is 0.681. The molecule has 0 saturated heterocycles. The molecule has 3 rings (SSSR count). The van der Waals surface area contributed by atoms with E-state index >= 15 is 0 Å². The maximum atomic E-state index is 9.12. The van der Waals surface area contributed by atoms with Crippen LogP contribution in [0.4, 0.5) is 0 Å². The minimum Gasteiger partial charge on any atom is -0.239 e. The highest BCUT2D eigenvalue weighted by Crippen LogP contribution is 2.25. The molecule has 0 atom stereocenters. The Bertz CT molecular complexity index is 768. The fraction of sp³-hybridized carbons (Fsp3) is 0. The van der Waals surface area contributed by atoms with Crippen molar-refractivity contribution in [2.75, 3.05) is 0 Å². The Morgan fingerprint density at radius 3 is 2.56 bits per heavy atom. The quantitative estimate of drug-likeness (QED) is 0.688. The van der Waals surface area contributed by atoms with E-state index in [4.69, 9.17) is 5.26 Å². The molecule has 4 heteroatoms. The van der Waals surface area contributed by atoms with Gasteiger partial charge in [-0.15, -0.1) is 0 Å². The standard InChI is InChI=1S/C14H8BrN3/c15-11-8-17-18(9-11)14-6-5-10(7-16)12-3-1-2-4-13(12)14/h1-6,8-9H. The second-order valence-electron chi connectivity index (χ2n) is 3.89. The van der Waals surface area contributed by atoms with E-state index in [0.717, 1.165) is 20.9 Å². The first-order valence-electron chi connectivity index (χ1n) is 5.42. The summed E-state index contributed by atoms with van der Waals surface area (Å²) in [6.45, 7) is 0. The lowest BCUT2D eigenvalue weighted by molar-refractivity contribution is 0.887. The largest absolute Gasteiger partial charge is 0.239 e. The van der Waals surface area contributed by atoms with E-state index in [1.165, 1.54) is 0 Å². The number of rotatable bonds is 1. The predicted octanol–water partition coefficient (Wildman–Crippen LogP) is 3.66. The molecule has 0 unspecified atom stereocenters. The van der Waals surface area contributed by atoms with Gasteiger partial charge in [0.25, 0.3) is 0 Å². The van der Waals surface area contributed by atoms with Crippen molar-refractivity contribution in [3.05, 3.63) is 58.8 Å². The molecule has 0 saturated carbocycles. The van der Waals surface area contributed by atoms with Gasteiger partial charge in [0, 0.05) is 17.0 Å². The number of nitrogens with zero attached hydrogens (tertiary/aromatic N) is 3. The number of hydrogen-bond donors (Lipinski definition) is 0. The Labute approximate surface area is 112 Å². The van der Waals surface area contributed by atoms with Gasteiger partial charge in [-0.25, -0.2) is 4.68 Å². The molecule has 1 aromatic heterocycles. The third kappa shape index (κ3) is 1.69. The molecule has 0 fully saturated rings. The number of halogens is 1. The third-order valence-corrected chi connectivity index (χ3v) is 3.23. The monoisotopic (exact) mass is 297 g/mol. The Morgan fingerprint density at radius 1 is 1.11 bits per heavy atom. The van der Waals surface area contributed by atoms with Crippen LogP contribution in [-0.4, -0.2) is 9.78 Å². The van der Waals surface area contributed by atoms with E-state index < -0.39 is 0 Å². The normalized spacial score (nSPS) is 10.4. The van der Waals surface area contributed by atoms with E-state index in [-0.39, 0.29) is 0 Å². The van der Waals surface area contributed by atoms with Crippen molar-refractivity contribution in [3.8, 4) is 11.8 Å². The van der Waals surface area contributed by atoms with Crippen molar-refractivity contribution >= 4 is 26.7 Å². The van der Waals surface area contributed by atoms with Gasteiger partial charge in [-0.3, -0.25) is 0 Å². The fourth-order valence-electron chi connectivity index (χ4n) is 2.01. The van der Waals surface area contributed by atoms with Crippen molar-refractivity contribution in [3.63, 3.8) is 0 Å². The summed E-state index contributed by atoms with van der Waals surface area (Å²) in [5.74, 6) is 0. The zero-order valence-corrected chi connectivity index (χ0v) is 10.9. The van der Waals surface area contributed by atoms with Crippen molar-refractivity contribution < 1.29 is 0 Å². The van der Waals surface area contributed by atoms with Crippen molar-refractivity contribution in [1.82, 2.24) is 9.78 Å². The SMILES string of the molecule is N#Cc1ccc(-n2cc(Br)cn2)c2ccccc12. The Kier molecular flexibility index (Phi) is 2.62. The van der Waals surface area contributed by atoms with Crippen LogP contribution in [0.3, 0.4) is 0 Å². The van der Waals surface area contributed by atoms with E-state index in [1.54, 1.807) is 10.9 Å². The first-order valence-corrected chi connectivity index (χ1v) is 6.21. The van der Waals surface area contributed by atoms with Gasteiger partial charge in [0.15, 0.2) is 0 Å². The predicted molar refractivity (Wildman–Crippen MR) is 73.5 cm³/mol. The highest BCUT2D eigenvalue weighted by atomic mass is 79.9. The molecule has 2 aromatic carbocycles. The van der Waals surface area contributed by atoms with Crippen LogP contribution in [0, 0.1) is 11.3 Å². The van der Waals surface area contributed by atoms with Crippen molar-refractivity contribution in [1.29, 1.82) is 5.26 Å². The summed E-state index contributed by atoms with van der Waals surface area (Å²) in [6, 6.07) is 13.8. The van der Waals surface area contributed by atoms with Crippen LogP contribution in [-0.2, 0) is 0 Å². The number of aromatic nitrogens is 2. The van der Waals surface area contributed by atoms with Crippen LogP contribution in [0.5, 0.6) is 0 Å². The van der Waals surface area contributed by atoms with Crippen LogP contribution in [0.1, 0.15) is 5.56 Å². The lowest BCUT2D eigenvalue weighted by Crippen LogP contribution is -1.96. The zero-order chi connectivity index (χ0) is 12.5. The second kappa shape index (κ2) is 4.28. The van der Waals surface area contributed by atoms with Gasteiger partial charge in [-0.1, -0.05) is 24.3 Å². The molecule has 18 heavy (non-hydrogen) atoms. The van der Waals surface area contributed by atoms with Crippen LogP contribution >= 0.6 is 15.9 Å². The molecular formula is C14H8BrN3. The number of nitriles is 1. The van der Waals surface area contributed by atoms with Crippen LogP contribution in [0.2, 0.25) is 0 Å². The number of hydrogen-bond acceptors (Lipinski definition) is 2. The average Bonchev–Trinajstić information content (AvgIpc) is 2.84. The van der Waals surface area contributed by atoms with E-state index in [2.05, 4.69) is 27.1 Å². The van der Waals surface area contributed by atoms with Crippen LogP contribution in [0.15, 0.2) is 53.3 Å². The van der Waals surface area contributed by atoms with Gasteiger partial charge in [0.2, 0.25) is 0 Å². The Hall–Kier alpha value is -2.12. The van der Waals surface area contributed by atoms with E-state index in [9.17, 15) is 0 Å². The fourth-order valence-corrected chi connectivity index (χ4v) is 2.30. The average molecular weight is 298 g/mol. The molecule has 0 aliphatic heterocycles. The summed E-state index contributed by atoms with van der Waals surface area (Å²) in [5.41, 5.74) is 1.65.